The van der Waals surface area contributed by atoms with E-state index in [1.54, 1.807) is 12.1 Å². The molecule has 3 heteroatoms. The van der Waals surface area contributed by atoms with E-state index in [4.69, 9.17) is 0 Å². The first-order valence-corrected chi connectivity index (χ1v) is 16.6. The highest BCUT2D eigenvalue weighted by atomic mass is 16.4. The molecular weight excluding hydrogens is 490 g/mol. The number of rotatable bonds is 4. The molecule has 1 aromatic rings. The Kier molecular flexibility index (Phi) is 5.93. The van der Waals surface area contributed by atoms with Gasteiger partial charge in [-0.05, 0) is 158 Å². The molecule has 0 radical (unpaired) electrons. The molecule has 218 valence electrons. The van der Waals surface area contributed by atoms with Crippen molar-refractivity contribution in [2.24, 2.45) is 57.2 Å². The SMILES string of the molecule is CN[C@]12CC[C@@H](C3CC3)[C@@H]1[C@H]1CC[C@@H]3[C@@]4(C)CC=C(c5ccc(C(=O)O)cc5)C(C)(C)[C@@H]4CC[C@@]3(C)[C@]1(C)CC2. The van der Waals surface area contributed by atoms with Gasteiger partial charge in [0.15, 0.2) is 0 Å². The zero-order chi connectivity index (χ0) is 28.3. The van der Waals surface area contributed by atoms with Crippen LogP contribution in [0.4, 0.5) is 0 Å². The molecular formula is C37H53NO2. The van der Waals surface area contributed by atoms with Crippen LogP contribution >= 0.6 is 0 Å². The summed E-state index contributed by atoms with van der Waals surface area (Å²) in [6, 6.07) is 7.67. The lowest BCUT2D eigenvalue weighted by molar-refractivity contribution is -0.220. The zero-order valence-electron chi connectivity index (χ0n) is 26.0. The van der Waals surface area contributed by atoms with Gasteiger partial charge in [0.1, 0.15) is 0 Å². The fourth-order valence-corrected chi connectivity index (χ4v) is 13.0. The number of carboxylic acid groups (broad SMARTS) is 1. The standard InChI is InChI=1S/C37H53NO2/c1-33(2)27(24-9-11-25(12-10-24)32(39)40)16-18-34(3)29(33)17-19-36(5)30(34)14-13-28-31-26(23-7-8-23)15-20-37(31,38-6)22-21-35(28,36)4/h9-12,16,23,26,28-31,38H,7-8,13-15,17-22H2,1-6H3,(H,39,40)/t26-,28+,29-,30+,31+,34-,35+,36+,37-/m0/s1. The smallest absolute Gasteiger partial charge is 0.335 e. The van der Waals surface area contributed by atoms with Crippen LogP contribution in [0.3, 0.4) is 0 Å². The van der Waals surface area contributed by atoms with Gasteiger partial charge in [-0.1, -0.05) is 52.8 Å². The summed E-state index contributed by atoms with van der Waals surface area (Å²) in [7, 11) is 2.29. The molecule has 40 heavy (non-hydrogen) atoms. The lowest BCUT2D eigenvalue weighted by atomic mass is 9.33. The van der Waals surface area contributed by atoms with Crippen molar-refractivity contribution in [2.75, 3.05) is 7.05 Å². The van der Waals surface area contributed by atoms with Crippen LogP contribution in [0.25, 0.3) is 5.57 Å². The minimum Gasteiger partial charge on any atom is -0.478 e. The molecule has 3 nitrogen and oxygen atoms in total. The van der Waals surface area contributed by atoms with Gasteiger partial charge in [0, 0.05) is 5.54 Å². The van der Waals surface area contributed by atoms with Crippen molar-refractivity contribution in [3.05, 3.63) is 41.5 Å². The Balaban J connectivity index is 1.23. The Hall–Kier alpha value is -1.61. The fourth-order valence-electron chi connectivity index (χ4n) is 13.0. The van der Waals surface area contributed by atoms with Gasteiger partial charge >= 0.3 is 5.97 Å². The third-order valence-electron chi connectivity index (χ3n) is 15.2. The van der Waals surface area contributed by atoms with Crippen LogP contribution in [0.15, 0.2) is 30.3 Å². The molecule has 7 rings (SSSR count). The molecule has 5 fully saturated rings. The Labute approximate surface area is 243 Å². The lowest BCUT2D eigenvalue weighted by Gasteiger charge is -2.72. The molecule has 0 heterocycles. The van der Waals surface area contributed by atoms with Crippen molar-refractivity contribution < 1.29 is 9.90 Å². The minimum absolute atomic E-state index is 0.0766. The molecule has 2 N–H and O–H groups in total. The number of benzene rings is 1. The molecule has 5 saturated carbocycles. The van der Waals surface area contributed by atoms with E-state index < -0.39 is 5.97 Å². The molecule has 0 saturated heterocycles. The van der Waals surface area contributed by atoms with Crippen LogP contribution in [-0.2, 0) is 0 Å². The number of hydrogen-bond donors (Lipinski definition) is 2. The number of aromatic carboxylic acids is 1. The Bertz CT molecular complexity index is 1230. The maximum atomic E-state index is 11.5. The predicted octanol–water partition coefficient (Wildman–Crippen LogP) is 8.84. The number of carbonyl (C=O) groups is 1. The van der Waals surface area contributed by atoms with E-state index in [9.17, 15) is 9.90 Å². The molecule has 1 aromatic carbocycles. The minimum atomic E-state index is -0.845. The molecule has 6 aliphatic rings. The van der Waals surface area contributed by atoms with Crippen LogP contribution in [0.1, 0.15) is 121 Å². The summed E-state index contributed by atoms with van der Waals surface area (Å²) in [6.45, 7) is 13.2. The van der Waals surface area contributed by atoms with E-state index >= 15 is 0 Å². The predicted molar refractivity (Wildman–Crippen MR) is 163 cm³/mol. The number of allylic oxidation sites excluding steroid dienone is 2. The van der Waals surface area contributed by atoms with Gasteiger partial charge in [0.05, 0.1) is 5.56 Å². The van der Waals surface area contributed by atoms with E-state index in [0.717, 1.165) is 36.0 Å². The summed E-state index contributed by atoms with van der Waals surface area (Å²) < 4.78 is 0. The van der Waals surface area contributed by atoms with Crippen LogP contribution in [0, 0.1) is 57.2 Å². The van der Waals surface area contributed by atoms with E-state index in [1.807, 2.05) is 12.1 Å². The van der Waals surface area contributed by atoms with Crippen LogP contribution in [-0.4, -0.2) is 23.7 Å². The molecule has 0 amide bonds. The molecule has 0 spiro atoms. The summed E-state index contributed by atoms with van der Waals surface area (Å²) in [5, 5.41) is 13.4. The highest BCUT2D eigenvalue weighted by molar-refractivity contribution is 5.88. The fraction of sp³-hybridized carbons (Fsp3) is 0.757. The first-order valence-electron chi connectivity index (χ1n) is 16.6. The third-order valence-corrected chi connectivity index (χ3v) is 15.2. The second kappa shape index (κ2) is 8.71. The van der Waals surface area contributed by atoms with Crippen LogP contribution in [0.5, 0.6) is 0 Å². The van der Waals surface area contributed by atoms with Crippen molar-refractivity contribution in [1.29, 1.82) is 0 Å². The second-order valence-corrected chi connectivity index (χ2v) is 16.6. The topological polar surface area (TPSA) is 49.3 Å². The van der Waals surface area contributed by atoms with Crippen molar-refractivity contribution >= 4 is 11.5 Å². The Morgan fingerprint density at radius 1 is 0.825 bits per heavy atom. The average Bonchev–Trinajstić information content (AvgIpc) is 3.69. The normalized spacial score (nSPS) is 47.4. The quantitative estimate of drug-likeness (QED) is 0.399. The molecule has 0 aliphatic heterocycles. The summed E-state index contributed by atoms with van der Waals surface area (Å²) >= 11 is 0. The lowest BCUT2D eigenvalue weighted by Crippen LogP contribution is -2.67. The van der Waals surface area contributed by atoms with Gasteiger partial charge in [0.2, 0.25) is 0 Å². The number of carboxylic acids is 1. The Morgan fingerprint density at radius 2 is 1.55 bits per heavy atom. The van der Waals surface area contributed by atoms with E-state index in [0.29, 0.717) is 33.3 Å². The van der Waals surface area contributed by atoms with Crippen molar-refractivity contribution in [1.82, 2.24) is 5.32 Å². The highest BCUT2D eigenvalue weighted by Gasteiger charge is 2.70. The van der Waals surface area contributed by atoms with E-state index in [2.05, 4.69) is 53.1 Å². The number of hydrogen-bond acceptors (Lipinski definition) is 2. The molecule has 0 aromatic heterocycles. The second-order valence-electron chi connectivity index (χ2n) is 16.6. The van der Waals surface area contributed by atoms with Gasteiger partial charge in [-0.2, -0.15) is 0 Å². The molecule has 0 unspecified atom stereocenters. The summed E-state index contributed by atoms with van der Waals surface area (Å²) in [6.07, 6.45) is 17.9. The Morgan fingerprint density at radius 3 is 2.20 bits per heavy atom. The molecule has 0 bridgehead atoms. The van der Waals surface area contributed by atoms with E-state index in [-0.39, 0.29) is 5.41 Å². The van der Waals surface area contributed by atoms with Crippen LogP contribution < -0.4 is 5.32 Å². The van der Waals surface area contributed by atoms with Crippen LogP contribution in [0.2, 0.25) is 0 Å². The summed E-state index contributed by atoms with van der Waals surface area (Å²) in [5.41, 5.74) is 4.67. The molecule has 6 aliphatic carbocycles. The van der Waals surface area contributed by atoms with E-state index in [1.165, 1.54) is 75.3 Å². The first-order chi connectivity index (χ1) is 18.9. The third kappa shape index (κ3) is 3.42. The maximum absolute atomic E-state index is 11.5. The van der Waals surface area contributed by atoms with Crippen molar-refractivity contribution in [2.45, 2.75) is 111 Å². The highest BCUT2D eigenvalue weighted by Crippen LogP contribution is 2.77. The average molecular weight is 544 g/mol. The van der Waals surface area contributed by atoms with Gasteiger partial charge in [-0.25, -0.2) is 4.79 Å². The summed E-state index contributed by atoms with van der Waals surface area (Å²) in [4.78, 5) is 11.5. The summed E-state index contributed by atoms with van der Waals surface area (Å²) in [5.74, 6) is 4.33. The van der Waals surface area contributed by atoms with Gasteiger partial charge in [-0.3, -0.25) is 0 Å². The number of fused-ring (bicyclic) bond motifs is 7. The van der Waals surface area contributed by atoms with Gasteiger partial charge in [-0.15, -0.1) is 0 Å². The molecule has 9 atom stereocenters. The maximum Gasteiger partial charge on any atom is 0.335 e. The van der Waals surface area contributed by atoms with Gasteiger partial charge < -0.3 is 10.4 Å². The van der Waals surface area contributed by atoms with Crippen molar-refractivity contribution in [3.63, 3.8) is 0 Å². The monoisotopic (exact) mass is 543 g/mol. The number of nitrogens with one attached hydrogen (secondary N) is 1. The largest absolute Gasteiger partial charge is 0.478 e. The van der Waals surface area contributed by atoms with Gasteiger partial charge in [0.25, 0.3) is 0 Å². The van der Waals surface area contributed by atoms with Crippen molar-refractivity contribution in [3.8, 4) is 0 Å². The zero-order valence-corrected chi connectivity index (χ0v) is 26.0. The first kappa shape index (κ1) is 27.2.